The van der Waals surface area contributed by atoms with Gasteiger partial charge in [-0.15, -0.1) is 0 Å². The number of esters is 1. The quantitative estimate of drug-likeness (QED) is 0.577. The highest BCUT2D eigenvalue weighted by Gasteiger charge is 2.14. The maximum absolute atomic E-state index is 12.2. The van der Waals surface area contributed by atoms with E-state index in [-0.39, 0.29) is 11.9 Å². The van der Waals surface area contributed by atoms with E-state index < -0.39 is 0 Å². The minimum absolute atomic E-state index is 0.285. The largest absolute Gasteiger partial charge is 0.423 e. The molecule has 0 aromatic heterocycles. The van der Waals surface area contributed by atoms with Crippen LogP contribution in [0.1, 0.15) is 41.3 Å². The molecule has 2 rings (SSSR count). The molecule has 0 fully saturated rings. The van der Waals surface area contributed by atoms with E-state index in [1.807, 2.05) is 43.3 Å². The summed E-state index contributed by atoms with van der Waals surface area (Å²) in [5, 5.41) is 0. The van der Waals surface area contributed by atoms with Crippen molar-refractivity contribution in [2.45, 2.75) is 26.7 Å². The van der Waals surface area contributed by atoms with E-state index in [4.69, 9.17) is 4.74 Å². The van der Waals surface area contributed by atoms with E-state index in [1.165, 1.54) is 0 Å². The molecule has 0 heterocycles. The fourth-order valence-electron chi connectivity index (χ4n) is 1.99. The molecule has 0 saturated heterocycles. The van der Waals surface area contributed by atoms with Crippen molar-refractivity contribution in [3.63, 3.8) is 0 Å². The molecule has 0 bridgehead atoms. The van der Waals surface area contributed by atoms with Gasteiger partial charge < -0.3 is 4.74 Å². The summed E-state index contributed by atoms with van der Waals surface area (Å²) in [5.74, 6) is 0.584. The van der Waals surface area contributed by atoms with Gasteiger partial charge in [-0.05, 0) is 48.7 Å². The second kappa shape index (κ2) is 6.23. The molecule has 0 radical (unpaired) electrons. The van der Waals surface area contributed by atoms with Gasteiger partial charge in [0.1, 0.15) is 5.75 Å². The molecule has 0 saturated carbocycles. The van der Waals surface area contributed by atoms with Crippen LogP contribution in [0.25, 0.3) is 0 Å². The van der Waals surface area contributed by atoms with E-state index >= 15 is 0 Å². The Labute approximate surface area is 127 Å². The average molecular weight is 333 g/mol. The number of carbonyl (C=O) groups excluding carboxylic acids is 1. The van der Waals surface area contributed by atoms with Crippen LogP contribution < -0.4 is 4.74 Å². The SMILES string of the molecule is Cc1cccc(C(=O)Oc2ccc(Br)cc2C(C)C)c1. The molecule has 0 aliphatic carbocycles. The van der Waals surface area contributed by atoms with Crippen LogP contribution in [-0.4, -0.2) is 5.97 Å². The summed E-state index contributed by atoms with van der Waals surface area (Å²) in [6.07, 6.45) is 0. The zero-order valence-corrected chi connectivity index (χ0v) is 13.4. The van der Waals surface area contributed by atoms with Crippen molar-refractivity contribution < 1.29 is 9.53 Å². The van der Waals surface area contributed by atoms with Gasteiger partial charge in [-0.3, -0.25) is 0 Å². The van der Waals surface area contributed by atoms with Crippen LogP contribution in [0.15, 0.2) is 46.9 Å². The summed E-state index contributed by atoms with van der Waals surface area (Å²) in [5.41, 5.74) is 2.63. The first-order chi connectivity index (χ1) is 9.47. The second-order valence-electron chi connectivity index (χ2n) is 5.10. The Kier molecular flexibility index (Phi) is 4.61. The van der Waals surface area contributed by atoms with Crippen LogP contribution in [0.4, 0.5) is 0 Å². The van der Waals surface area contributed by atoms with Gasteiger partial charge in [0.15, 0.2) is 0 Å². The highest BCUT2D eigenvalue weighted by Crippen LogP contribution is 2.30. The highest BCUT2D eigenvalue weighted by atomic mass is 79.9. The average Bonchev–Trinajstić information content (AvgIpc) is 2.40. The number of halogens is 1. The predicted octanol–water partition coefficient (Wildman–Crippen LogP) is 5.10. The van der Waals surface area contributed by atoms with Crippen molar-refractivity contribution in [2.24, 2.45) is 0 Å². The fourth-order valence-corrected chi connectivity index (χ4v) is 2.37. The van der Waals surface area contributed by atoms with Crippen LogP contribution >= 0.6 is 15.9 Å². The maximum Gasteiger partial charge on any atom is 0.343 e. The summed E-state index contributed by atoms with van der Waals surface area (Å²) in [6, 6.07) is 13.1. The second-order valence-corrected chi connectivity index (χ2v) is 6.01. The highest BCUT2D eigenvalue weighted by molar-refractivity contribution is 9.10. The van der Waals surface area contributed by atoms with Gasteiger partial charge in [0.25, 0.3) is 0 Å². The first-order valence-electron chi connectivity index (χ1n) is 6.55. The van der Waals surface area contributed by atoms with E-state index in [0.717, 1.165) is 15.6 Å². The molecular formula is C17H17BrO2. The predicted molar refractivity (Wildman–Crippen MR) is 84.4 cm³/mol. The third-order valence-electron chi connectivity index (χ3n) is 3.05. The van der Waals surface area contributed by atoms with Gasteiger partial charge in [0.05, 0.1) is 5.56 Å². The third kappa shape index (κ3) is 3.48. The van der Waals surface area contributed by atoms with Crippen LogP contribution in [0.3, 0.4) is 0 Å². The minimum atomic E-state index is -0.321. The number of carbonyl (C=O) groups is 1. The molecule has 2 nitrogen and oxygen atoms in total. The van der Waals surface area contributed by atoms with Crippen molar-refractivity contribution in [1.29, 1.82) is 0 Å². The lowest BCUT2D eigenvalue weighted by Crippen LogP contribution is -2.10. The Morgan fingerprint density at radius 3 is 2.55 bits per heavy atom. The van der Waals surface area contributed by atoms with Crippen LogP contribution in [-0.2, 0) is 0 Å². The van der Waals surface area contributed by atoms with Gasteiger partial charge in [-0.25, -0.2) is 4.79 Å². The smallest absolute Gasteiger partial charge is 0.343 e. The Morgan fingerprint density at radius 1 is 1.15 bits per heavy atom. The molecule has 2 aromatic rings. The van der Waals surface area contributed by atoms with Gasteiger partial charge >= 0.3 is 5.97 Å². The summed E-state index contributed by atoms with van der Waals surface area (Å²) in [4.78, 5) is 12.2. The van der Waals surface area contributed by atoms with Crippen molar-refractivity contribution in [2.75, 3.05) is 0 Å². The molecule has 0 spiro atoms. The van der Waals surface area contributed by atoms with E-state index in [1.54, 1.807) is 6.07 Å². The number of aryl methyl sites for hydroxylation is 1. The minimum Gasteiger partial charge on any atom is -0.423 e. The third-order valence-corrected chi connectivity index (χ3v) is 3.54. The van der Waals surface area contributed by atoms with E-state index in [0.29, 0.717) is 11.3 Å². The van der Waals surface area contributed by atoms with Gasteiger partial charge in [-0.2, -0.15) is 0 Å². The van der Waals surface area contributed by atoms with Crippen molar-refractivity contribution in [3.8, 4) is 5.75 Å². The van der Waals surface area contributed by atoms with Crippen LogP contribution in [0.2, 0.25) is 0 Å². The summed E-state index contributed by atoms with van der Waals surface area (Å²) in [7, 11) is 0. The first kappa shape index (κ1) is 14.8. The number of rotatable bonds is 3. The van der Waals surface area contributed by atoms with Gasteiger partial charge in [-0.1, -0.05) is 47.5 Å². The molecule has 3 heteroatoms. The van der Waals surface area contributed by atoms with Crippen molar-refractivity contribution in [1.82, 2.24) is 0 Å². The Balaban J connectivity index is 2.28. The summed E-state index contributed by atoms with van der Waals surface area (Å²) in [6.45, 7) is 6.10. The molecule has 0 aliphatic rings. The van der Waals surface area contributed by atoms with Crippen molar-refractivity contribution in [3.05, 3.63) is 63.6 Å². The molecule has 20 heavy (non-hydrogen) atoms. The zero-order valence-electron chi connectivity index (χ0n) is 11.8. The van der Waals surface area contributed by atoms with E-state index in [2.05, 4.69) is 29.8 Å². The van der Waals surface area contributed by atoms with Crippen LogP contribution in [0.5, 0.6) is 5.75 Å². The standard InChI is InChI=1S/C17H17BrO2/c1-11(2)15-10-14(18)7-8-16(15)20-17(19)13-6-4-5-12(3)9-13/h4-11H,1-3H3. The number of hydrogen-bond acceptors (Lipinski definition) is 2. The van der Waals surface area contributed by atoms with Gasteiger partial charge in [0, 0.05) is 4.47 Å². The molecule has 104 valence electrons. The summed E-state index contributed by atoms with van der Waals surface area (Å²) >= 11 is 3.44. The molecule has 0 unspecified atom stereocenters. The normalized spacial score (nSPS) is 10.7. The number of hydrogen-bond donors (Lipinski definition) is 0. The Bertz CT molecular complexity index is 633. The fraction of sp³-hybridized carbons (Fsp3) is 0.235. The monoisotopic (exact) mass is 332 g/mol. The molecule has 2 aromatic carbocycles. The molecular weight excluding hydrogens is 316 g/mol. The molecule has 0 aliphatic heterocycles. The topological polar surface area (TPSA) is 26.3 Å². The lowest BCUT2D eigenvalue weighted by atomic mass is 10.0. The molecule has 0 N–H and O–H groups in total. The molecule has 0 amide bonds. The van der Waals surface area contributed by atoms with Crippen LogP contribution in [0, 0.1) is 6.92 Å². The lowest BCUT2D eigenvalue weighted by molar-refractivity contribution is 0.0732. The Hall–Kier alpha value is -1.61. The van der Waals surface area contributed by atoms with Gasteiger partial charge in [0.2, 0.25) is 0 Å². The lowest BCUT2D eigenvalue weighted by Gasteiger charge is -2.13. The Morgan fingerprint density at radius 2 is 1.90 bits per heavy atom. The van der Waals surface area contributed by atoms with E-state index in [9.17, 15) is 4.79 Å². The summed E-state index contributed by atoms with van der Waals surface area (Å²) < 4.78 is 6.53. The number of ether oxygens (including phenoxy) is 1. The molecule has 0 atom stereocenters. The first-order valence-corrected chi connectivity index (χ1v) is 7.35. The number of benzene rings is 2. The maximum atomic E-state index is 12.2. The van der Waals surface area contributed by atoms with Crippen molar-refractivity contribution >= 4 is 21.9 Å². The zero-order chi connectivity index (χ0) is 14.7.